The minimum atomic E-state index is -4.03. The minimum absolute atomic E-state index is 0.0165. The molecule has 0 aliphatic heterocycles. The summed E-state index contributed by atoms with van der Waals surface area (Å²) in [5, 5.41) is 2.28. The first-order valence-corrected chi connectivity index (χ1v) is 11.0. The number of sulfonamides is 1. The lowest BCUT2D eigenvalue weighted by molar-refractivity contribution is -0.124. The maximum absolute atomic E-state index is 12.8. The third-order valence-electron chi connectivity index (χ3n) is 4.30. The van der Waals surface area contributed by atoms with Gasteiger partial charge in [-0.1, -0.05) is 32.0 Å². The van der Waals surface area contributed by atoms with E-state index in [0.29, 0.717) is 5.75 Å². The summed E-state index contributed by atoms with van der Waals surface area (Å²) in [6.07, 6.45) is 0. The van der Waals surface area contributed by atoms with Crippen LogP contribution in [0, 0.1) is 5.92 Å². The van der Waals surface area contributed by atoms with E-state index in [2.05, 4.69) is 20.9 Å². The Hall–Kier alpha value is -3.80. The van der Waals surface area contributed by atoms with Gasteiger partial charge in [-0.3, -0.25) is 25.2 Å². The van der Waals surface area contributed by atoms with Gasteiger partial charge in [-0.2, -0.15) is 0 Å². The van der Waals surface area contributed by atoms with Crippen LogP contribution in [-0.4, -0.2) is 39.4 Å². The van der Waals surface area contributed by atoms with Gasteiger partial charge >= 0.3 is 6.03 Å². The van der Waals surface area contributed by atoms with E-state index in [-0.39, 0.29) is 22.1 Å². The van der Waals surface area contributed by atoms with Crippen LogP contribution in [0.5, 0.6) is 5.75 Å². The molecule has 1 atom stereocenters. The van der Waals surface area contributed by atoms with Crippen molar-refractivity contribution in [2.75, 3.05) is 11.8 Å². The molecule has 2 rings (SSSR count). The molecular weight excluding hydrogens is 438 g/mol. The van der Waals surface area contributed by atoms with Crippen molar-refractivity contribution in [1.29, 1.82) is 0 Å². The van der Waals surface area contributed by atoms with Crippen LogP contribution in [0.1, 0.15) is 24.2 Å². The molecular formula is C20H25N5O6S. The molecule has 0 spiro atoms. The fraction of sp³-hybridized carbons (Fsp3) is 0.250. The number of methoxy groups -OCH3 is 1. The maximum Gasteiger partial charge on any atom is 0.312 e. The number of benzene rings is 2. The number of rotatable bonds is 8. The van der Waals surface area contributed by atoms with Gasteiger partial charge in [0.05, 0.1) is 17.7 Å². The van der Waals surface area contributed by atoms with E-state index in [9.17, 15) is 22.8 Å². The Bertz CT molecular complexity index is 1100. The molecule has 2 aromatic carbocycles. The number of amides is 4. The molecule has 2 aromatic rings. The van der Waals surface area contributed by atoms with Crippen LogP contribution in [-0.2, 0) is 14.8 Å². The number of nitrogens with one attached hydrogen (secondary N) is 4. The van der Waals surface area contributed by atoms with Crippen molar-refractivity contribution >= 4 is 33.6 Å². The molecule has 0 unspecified atom stereocenters. The molecule has 0 aliphatic rings. The first-order chi connectivity index (χ1) is 15.0. The first-order valence-electron chi connectivity index (χ1n) is 9.47. The van der Waals surface area contributed by atoms with Crippen molar-refractivity contribution in [2.24, 2.45) is 11.7 Å². The standard InChI is InChI=1S/C20H25N5O6S/c1-12(2)17(22-20(21)28)19(27)24-23-18(26)13-7-6-8-14(11-13)32(29,30)25-15-9-4-5-10-16(15)31-3/h4-12,17,25H,1-3H3,(H,23,26)(H,24,27)(H3,21,22,28)/t17-/m1/s1. The van der Waals surface area contributed by atoms with Crippen LogP contribution in [0.4, 0.5) is 10.5 Å². The molecule has 11 nitrogen and oxygen atoms in total. The fourth-order valence-corrected chi connectivity index (χ4v) is 3.81. The number of nitrogens with two attached hydrogens (primary N) is 1. The second kappa shape index (κ2) is 10.5. The zero-order valence-corrected chi connectivity index (χ0v) is 18.5. The van der Waals surface area contributed by atoms with E-state index in [1.54, 1.807) is 32.0 Å². The quantitative estimate of drug-likeness (QED) is 0.365. The predicted molar refractivity (Wildman–Crippen MR) is 117 cm³/mol. The smallest absolute Gasteiger partial charge is 0.312 e. The van der Waals surface area contributed by atoms with Crippen LogP contribution in [0.3, 0.4) is 0 Å². The van der Waals surface area contributed by atoms with Gasteiger partial charge in [0.1, 0.15) is 11.8 Å². The normalized spacial score (nSPS) is 11.9. The molecule has 0 saturated heterocycles. The van der Waals surface area contributed by atoms with Gasteiger partial charge < -0.3 is 15.8 Å². The van der Waals surface area contributed by atoms with Crippen molar-refractivity contribution in [3.63, 3.8) is 0 Å². The molecule has 0 saturated carbocycles. The molecule has 6 N–H and O–H groups in total. The van der Waals surface area contributed by atoms with Crippen LogP contribution in [0.15, 0.2) is 53.4 Å². The number of urea groups is 1. The topological polar surface area (TPSA) is 169 Å². The summed E-state index contributed by atoms with van der Waals surface area (Å²) in [6.45, 7) is 3.37. The Morgan fingerprint density at radius 2 is 1.69 bits per heavy atom. The molecule has 0 aliphatic carbocycles. The van der Waals surface area contributed by atoms with Crippen molar-refractivity contribution in [3.05, 3.63) is 54.1 Å². The van der Waals surface area contributed by atoms with Crippen LogP contribution < -0.4 is 31.4 Å². The molecule has 12 heteroatoms. The molecule has 0 fully saturated rings. The average Bonchev–Trinajstić information content (AvgIpc) is 2.75. The Kier molecular flexibility index (Phi) is 8.02. The highest BCUT2D eigenvalue weighted by molar-refractivity contribution is 7.92. The summed E-state index contributed by atoms with van der Waals surface area (Å²) in [6, 6.07) is 9.86. The number of hydrogen-bond donors (Lipinski definition) is 5. The van der Waals surface area contributed by atoms with Crippen molar-refractivity contribution < 1.29 is 27.5 Å². The third-order valence-corrected chi connectivity index (χ3v) is 5.67. The third kappa shape index (κ3) is 6.35. The Morgan fingerprint density at radius 1 is 1.00 bits per heavy atom. The second-order valence-corrected chi connectivity index (χ2v) is 8.69. The zero-order valence-electron chi connectivity index (χ0n) is 17.7. The molecule has 0 aromatic heterocycles. The summed E-state index contributed by atoms with van der Waals surface area (Å²) in [5.74, 6) is -1.41. The highest BCUT2D eigenvalue weighted by Gasteiger charge is 2.24. The highest BCUT2D eigenvalue weighted by Crippen LogP contribution is 2.26. The SMILES string of the molecule is COc1ccccc1NS(=O)(=O)c1cccc(C(=O)NNC(=O)[C@H](NC(N)=O)C(C)C)c1. The van der Waals surface area contributed by atoms with E-state index < -0.39 is 33.9 Å². The molecule has 0 heterocycles. The molecule has 0 bridgehead atoms. The number of primary amides is 1. The van der Waals surface area contributed by atoms with Crippen LogP contribution in [0.2, 0.25) is 0 Å². The van der Waals surface area contributed by atoms with Gasteiger partial charge in [0, 0.05) is 5.56 Å². The predicted octanol–water partition coefficient (Wildman–Crippen LogP) is 0.950. The lowest BCUT2D eigenvalue weighted by atomic mass is 10.0. The lowest BCUT2D eigenvalue weighted by Gasteiger charge is -2.20. The van der Waals surface area contributed by atoms with E-state index >= 15 is 0 Å². The minimum Gasteiger partial charge on any atom is -0.495 e. The van der Waals surface area contributed by atoms with Gasteiger partial charge in [-0.05, 0) is 36.2 Å². The number of ether oxygens (including phenoxy) is 1. The largest absolute Gasteiger partial charge is 0.495 e. The van der Waals surface area contributed by atoms with Crippen LogP contribution >= 0.6 is 0 Å². The molecule has 4 amide bonds. The van der Waals surface area contributed by atoms with E-state index in [4.69, 9.17) is 10.5 Å². The summed E-state index contributed by atoms with van der Waals surface area (Å²) in [7, 11) is -2.62. The Labute approximate surface area is 185 Å². The zero-order chi connectivity index (χ0) is 23.9. The summed E-state index contributed by atoms with van der Waals surface area (Å²) in [5.41, 5.74) is 9.66. The number of hydrogen-bond acceptors (Lipinski definition) is 6. The lowest BCUT2D eigenvalue weighted by Crippen LogP contribution is -2.55. The van der Waals surface area contributed by atoms with Crippen LogP contribution in [0.25, 0.3) is 0 Å². The van der Waals surface area contributed by atoms with Gasteiger partial charge in [0.2, 0.25) is 0 Å². The number of carbonyl (C=O) groups excluding carboxylic acids is 3. The van der Waals surface area contributed by atoms with Gasteiger partial charge in [0.25, 0.3) is 21.8 Å². The number of anilines is 1. The monoisotopic (exact) mass is 463 g/mol. The fourth-order valence-electron chi connectivity index (χ4n) is 2.69. The Morgan fingerprint density at radius 3 is 2.31 bits per heavy atom. The molecule has 172 valence electrons. The van der Waals surface area contributed by atoms with Gasteiger partial charge in [-0.25, -0.2) is 13.2 Å². The highest BCUT2D eigenvalue weighted by atomic mass is 32.2. The van der Waals surface area contributed by atoms with Crippen molar-refractivity contribution in [2.45, 2.75) is 24.8 Å². The molecule has 32 heavy (non-hydrogen) atoms. The maximum atomic E-state index is 12.8. The summed E-state index contributed by atoms with van der Waals surface area (Å²) < 4.78 is 33.1. The van der Waals surface area contributed by atoms with E-state index in [1.165, 1.54) is 31.4 Å². The summed E-state index contributed by atoms with van der Waals surface area (Å²) >= 11 is 0. The summed E-state index contributed by atoms with van der Waals surface area (Å²) in [4.78, 5) is 35.5. The second-order valence-electron chi connectivity index (χ2n) is 7.01. The van der Waals surface area contributed by atoms with Gasteiger partial charge in [-0.15, -0.1) is 0 Å². The number of carbonyl (C=O) groups is 3. The van der Waals surface area contributed by atoms with Gasteiger partial charge in [0.15, 0.2) is 0 Å². The number of para-hydroxylation sites is 2. The number of hydrazine groups is 1. The average molecular weight is 464 g/mol. The van der Waals surface area contributed by atoms with Crippen molar-refractivity contribution in [3.8, 4) is 5.75 Å². The molecule has 0 radical (unpaired) electrons. The van der Waals surface area contributed by atoms with E-state index in [1.807, 2.05) is 0 Å². The Balaban J connectivity index is 2.13. The van der Waals surface area contributed by atoms with E-state index in [0.717, 1.165) is 6.07 Å². The first kappa shape index (κ1) is 24.5. The van der Waals surface area contributed by atoms with Crippen molar-refractivity contribution in [1.82, 2.24) is 16.2 Å².